The molecule has 0 aliphatic carbocycles. The predicted molar refractivity (Wildman–Crippen MR) is 78.0 cm³/mol. The lowest BCUT2D eigenvalue weighted by Gasteiger charge is -2.11. The molecule has 0 amide bonds. The molecular weight excluding hydrogens is 334 g/mol. The van der Waals surface area contributed by atoms with E-state index in [9.17, 15) is 26.0 Å². The van der Waals surface area contributed by atoms with Gasteiger partial charge in [0, 0.05) is 0 Å². The van der Waals surface area contributed by atoms with Crippen molar-refractivity contribution in [3.63, 3.8) is 0 Å². The standard InChI is InChI=1S/C15H13F4NO2S/c1-2-10-6-7-12(9-14(10)16)20-23(21,22)13-5-3-4-11(8-13)15(17,18)19/h3-9,20H,2H2,1H3. The minimum atomic E-state index is -4.65. The van der Waals surface area contributed by atoms with Crippen molar-refractivity contribution in [2.24, 2.45) is 0 Å². The molecular formula is C15H13F4NO2S. The van der Waals surface area contributed by atoms with Crippen molar-refractivity contribution in [3.05, 3.63) is 59.4 Å². The second-order valence-electron chi connectivity index (χ2n) is 4.79. The fraction of sp³-hybridized carbons (Fsp3) is 0.200. The van der Waals surface area contributed by atoms with Gasteiger partial charge in [0.25, 0.3) is 10.0 Å². The van der Waals surface area contributed by atoms with E-state index >= 15 is 0 Å². The van der Waals surface area contributed by atoms with Crippen LogP contribution in [-0.4, -0.2) is 8.42 Å². The summed E-state index contributed by atoms with van der Waals surface area (Å²) in [6, 6.07) is 7.09. The summed E-state index contributed by atoms with van der Waals surface area (Å²) < 4.78 is 78.0. The van der Waals surface area contributed by atoms with Crippen molar-refractivity contribution in [2.75, 3.05) is 4.72 Å². The Kier molecular flexibility index (Phi) is 4.65. The molecule has 0 aliphatic heterocycles. The molecule has 0 aromatic heterocycles. The zero-order valence-electron chi connectivity index (χ0n) is 12.0. The van der Waals surface area contributed by atoms with E-state index in [0.717, 1.165) is 24.3 Å². The maximum atomic E-state index is 13.7. The van der Waals surface area contributed by atoms with Crippen molar-refractivity contribution < 1.29 is 26.0 Å². The number of alkyl halides is 3. The number of hydrogen-bond donors (Lipinski definition) is 1. The Labute approximate surface area is 131 Å². The van der Waals surface area contributed by atoms with Gasteiger partial charge in [0.05, 0.1) is 16.1 Å². The van der Waals surface area contributed by atoms with Crippen molar-refractivity contribution in [2.45, 2.75) is 24.4 Å². The number of anilines is 1. The Hall–Kier alpha value is -2.09. The van der Waals surface area contributed by atoms with Crippen LogP contribution in [0.15, 0.2) is 47.4 Å². The average Bonchev–Trinajstić information content (AvgIpc) is 2.46. The van der Waals surface area contributed by atoms with E-state index in [-0.39, 0.29) is 5.69 Å². The highest BCUT2D eigenvalue weighted by molar-refractivity contribution is 7.92. The van der Waals surface area contributed by atoms with Gasteiger partial charge in [0.1, 0.15) is 5.82 Å². The molecule has 3 nitrogen and oxygen atoms in total. The minimum absolute atomic E-state index is 0.0582. The third kappa shape index (κ3) is 4.01. The summed E-state index contributed by atoms with van der Waals surface area (Å²) in [5.74, 6) is -0.586. The topological polar surface area (TPSA) is 46.2 Å². The fourth-order valence-corrected chi connectivity index (χ4v) is 3.05. The molecule has 8 heteroatoms. The maximum absolute atomic E-state index is 13.7. The summed E-state index contributed by atoms with van der Waals surface area (Å²) in [7, 11) is -4.25. The van der Waals surface area contributed by atoms with Crippen molar-refractivity contribution in [1.82, 2.24) is 0 Å². The van der Waals surface area contributed by atoms with Gasteiger partial charge in [-0.3, -0.25) is 4.72 Å². The van der Waals surface area contributed by atoms with Crippen molar-refractivity contribution in [1.29, 1.82) is 0 Å². The second-order valence-corrected chi connectivity index (χ2v) is 6.47. The Balaban J connectivity index is 2.34. The minimum Gasteiger partial charge on any atom is -0.280 e. The number of aryl methyl sites for hydroxylation is 1. The Morgan fingerprint density at radius 2 is 1.78 bits per heavy atom. The molecule has 0 fully saturated rings. The van der Waals surface area contributed by atoms with Crippen LogP contribution >= 0.6 is 0 Å². The van der Waals surface area contributed by atoms with Gasteiger partial charge in [-0.15, -0.1) is 0 Å². The number of nitrogens with one attached hydrogen (secondary N) is 1. The molecule has 0 aliphatic rings. The van der Waals surface area contributed by atoms with E-state index in [2.05, 4.69) is 4.72 Å². The molecule has 1 N–H and O–H groups in total. The molecule has 0 radical (unpaired) electrons. The highest BCUT2D eigenvalue weighted by Gasteiger charge is 2.31. The van der Waals surface area contributed by atoms with E-state index in [1.807, 2.05) is 0 Å². The van der Waals surface area contributed by atoms with Crippen LogP contribution in [0.4, 0.5) is 23.2 Å². The van der Waals surface area contributed by atoms with Gasteiger partial charge in [0.2, 0.25) is 0 Å². The number of sulfonamides is 1. The third-order valence-electron chi connectivity index (χ3n) is 3.16. The van der Waals surface area contributed by atoms with Gasteiger partial charge in [-0.1, -0.05) is 19.1 Å². The van der Waals surface area contributed by atoms with Crippen LogP contribution < -0.4 is 4.72 Å². The van der Waals surface area contributed by atoms with E-state index in [1.54, 1.807) is 6.92 Å². The molecule has 0 saturated heterocycles. The lowest BCUT2D eigenvalue weighted by atomic mass is 10.1. The van der Waals surface area contributed by atoms with Crippen LogP contribution in [0.5, 0.6) is 0 Å². The van der Waals surface area contributed by atoms with Crippen molar-refractivity contribution in [3.8, 4) is 0 Å². The molecule has 0 spiro atoms. The van der Waals surface area contributed by atoms with Crippen LogP contribution in [-0.2, 0) is 22.6 Å². The first-order chi connectivity index (χ1) is 10.6. The molecule has 23 heavy (non-hydrogen) atoms. The fourth-order valence-electron chi connectivity index (χ4n) is 1.95. The zero-order chi connectivity index (χ0) is 17.3. The number of rotatable bonds is 4. The number of benzene rings is 2. The Morgan fingerprint density at radius 1 is 1.09 bits per heavy atom. The first-order valence-electron chi connectivity index (χ1n) is 6.62. The Bertz CT molecular complexity index is 816. The summed E-state index contributed by atoms with van der Waals surface area (Å²) in [5, 5.41) is 0. The van der Waals surface area contributed by atoms with Gasteiger partial charge < -0.3 is 0 Å². The molecule has 0 unspecified atom stereocenters. The van der Waals surface area contributed by atoms with Crippen LogP contribution in [0.1, 0.15) is 18.1 Å². The van der Waals surface area contributed by atoms with E-state index in [0.29, 0.717) is 18.1 Å². The Morgan fingerprint density at radius 3 is 2.35 bits per heavy atom. The lowest BCUT2D eigenvalue weighted by Crippen LogP contribution is -2.14. The zero-order valence-corrected chi connectivity index (χ0v) is 12.8. The molecule has 0 saturated carbocycles. The molecule has 0 atom stereocenters. The van der Waals surface area contributed by atoms with E-state index < -0.39 is 32.5 Å². The summed E-state index contributed by atoms with van der Waals surface area (Å²) in [6.07, 6.45) is -4.22. The molecule has 124 valence electrons. The maximum Gasteiger partial charge on any atom is 0.416 e. The van der Waals surface area contributed by atoms with E-state index in [4.69, 9.17) is 0 Å². The van der Waals surface area contributed by atoms with Crippen LogP contribution in [0.25, 0.3) is 0 Å². The van der Waals surface area contributed by atoms with Crippen molar-refractivity contribution >= 4 is 15.7 Å². The smallest absolute Gasteiger partial charge is 0.280 e. The predicted octanol–water partition coefficient (Wildman–Crippen LogP) is 4.21. The van der Waals surface area contributed by atoms with E-state index in [1.165, 1.54) is 12.1 Å². The summed E-state index contributed by atoms with van der Waals surface area (Å²) >= 11 is 0. The highest BCUT2D eigenvalue weighted by Crippen LogP contribution is 2.31. The largest absolute Gasteiger partial charge is 0.416 e. The van der Waals surface area contributed by atoms with Gasteiger partial charge in [-0.2, -0.15) is 13.2 Å². The molecule has 2 rings (SSSR count). The first kappa shape index (κ1) is 17.3. The summed E-state index contributed by atoms with van der Waals surface area (Å²) in [4.78, 5) is -0.549. The summed E-state index contributed by atoms with van der Waals surface area (Å²) in [5.41, 5.74) is -0.725. The second kappa shape index (κ2) is 6.19. The number of halogens is 4. The quantitative estimate of drug-likeness (QED) is 0.842. The van der Waals surface area contributed by atoms with Gasteiger partial charge in [-0.05, 0) is 42.3 Å². The average molecular weight is 347 g/mol. The van der Waals surface area contributed by atoms with Crippen LogP contribution in [0.3, 0.4) is 0 Å². The third-order valence-corrected chi connectivity index (χ3v) is 4.54. The first-order valence-corrected chi connectivity index (χ1v) is 8.10. The SMILES string of the molecule is CCc1ccc(NS(=O)(=O)c2cccc(C(F)(F)F)c2)cc1F. The van der Waals surface area contributed by atoms with Gasteiger partial charge in [-0.25, -0.2) is 12.8 Å². The molecule has 2 aromatic carbocycles. The van der Waals surface area contributed by atoms with Gasteiger partial charge in [0.15, 0.2) is 0 Å². The van der Waals surface area contributed by atoms with Crippen LogP contribution in [0.2, 0.25) is 0 Å². The lowest BCUT2D eigenvalue weighted by molar-refractivity contribution is -0.137. The molecule has 0 bridgehead atoms. The normalized spacial score (nSPS) is 12.2. The van der Waals surface area contributed by atoms with Gasteiger partial charge >= 0.3 is 6.18 Å². The number of hydrogen-bond acceptors (Lipinski definition) is 2. The molecule has 0 heterocycles. The van der Waals surface area contributed by atoms with Crippen LogP contribution in [0, 0.1) is 5.82 Å². The summed E-state index contributed by atoms with van der Waals surface area (Å²) in [6.45, 7) is 1.74. The monoisotopic (exact) mass is 347 g/mol. The molecule has 2 aromatic rings. The highest BCUT2D eigenvalue weighted by atomic mass is 32.2.